The third-order valence-electron chi connectivity index (χ3n) is 2.48. The summed E-state index contributed by atoms with van der Waals surface area (Å²) in [5.74, 6) is 0. The molecule has 0 saturated heterocycles. The Bertz CT molecular complexity index is 361. The number of halogens is 3. The van der Waals surface area contributed by atoms with Crippen LogP contribution < -0.4 is 0 Å². The van der Waals surface area contributed by atoms with Crippen molar-refractivity contribution in [2.24, 2.45) is 0 Å². The summed E-state index contributed by atoms with van der Waals surface area (Å²) in [5.41, 5.74) is -0.703. The Morgan fingerprint density at radius 1 is 1.36 bits per heavy atom. The molecule has 0 heterocycles. The fourth-order valence-electron chi connectivity index (χ4n) is 1.51. The van der Waals surface area contributed by atoms with Gasteiger partial charge in [0.1, 0.15) is 0 Å². The first-order valence-electron chi connectivity index (χ1n) is 4.33. The van der Waals surface area contributed by atoms with Crippen LogP contribution in [0.15, 0.2) is 22.7 Å². The van der Waals surface area contributed by atoms with Crippen LogP contribution in [-0.2, 0) is 5.60 Å². The highest BCUT2D eigenvalue weighted by atomic mass is 79.9. The van der Waals surface area contributed by atoms with Gasteiger partial charge in [0, 0.05) is 10.0 Å². The minimum Gasteiger partial charge on any atom is -0.385 e. The summed E-state index contributed by atoms with van der Waals surface area (Å²) in [7, 11) is 0. The second-order valence-electron chi connectivity index (χ2n) is 3.56. The number of alkyl halides is 2. The summed E-state index contributed by atoms with van der Waals surface area (Å²) in [6.45, 7) is 0. The highest BCUT2D eigenvalue weighted by Gasteiger charge is 2.44. The Morgan fingerprint density at radius 2 is 2.00 bits per heavy atom. The molecule has 0 aliphatic heterocycles. The van der Waals surface area contributed by atoms with Crippen LogP contribution in [0.25, 0.3) is 0 Å². The third-order valence-corrected chi connectivity index (χ3v) is 2.97. The first kappa shape index (κ1) is 10.1. The van der Waals surface area contributed by atoms with E-state index in [2.05, 4.69) is 15.9 Å². The molecule has 76 valence electrons. The van der Waals surface area contributed by atoms with E-state index in [0.717, 1.165) is 4.47 Å². The standard InChI is InChI=1S/C10H9BrF2O/c11-6-1-2-7(9(12)13)8(5-6)10(14)3-4-10/h1-2,5,9,14H,3-4H2. The fraction of sp³-hybridized carbons (Fsp3) is 0.400. The van der Waals surface area contributed by atoms with Crippen LogP contribution in [0.1, 0.15) is 30.4 Å². The van der Waals surface area contributed by atoms with E-state index in [1.807, 2.05) is 0 Å². The van der Waals surface area contributed by atoms with E-state index in [9.17, 15) is 13.9 Å². The largest absolute Gasteiger partial charge is 0.385 e. The van der Waals surface area contributed by atoms with Gasteiger partial charge in [-0.2, -0.15) is 0 Å². The van der Waals surface area contributed by atoms with Crippen molar-refractivity contribution in [2.75, 3.05) is 0 Å². The molecule has 1 N–H and O–H groups in total. The molecule has 0 radical (unpaired) electrons. The quantitative estimate of drug-likeness (QED) is 0.867. The van der Waals surface area contributed by atoms with Gasteiger partial charge in [0.2, 0.25) is 0 Å². The van der Waals surface area contributed by atoms with Crippen LogP contribution in [0.2, 0.25) is 0 Å². The van der Waals surface area contributed by atoms with E-state index < -0.39 is 12.0 Å². The molecule has 2 rings (SSSR count). The summed E-state index contributed by atoms with van der Waals surface area (Å²) in [5, 5.41) is 9.80. The average molecular weight is 263 g/mol. The molecule has 1 nitrogen and oxygen atoms in total. The average Bonchev–Trinajstić information content (AvgIpc) is 2.84. The van der Waals surface area contributed by atoms with Gasteiger partial charge in [0.25, 0.3) is 6.43 Å². The molecule has 1 aliphatic rings. The molecular formula is C10H9BrF2O. The molecule has 1 saturated carbocycles. The predicted octanol–water partition coefficient (Wildman–Crippen LogP) is 3.37. The van der Waals surface area contributed by atoms with Gasteiger partial charge in [-0.05, 0) is 30.5 Å². The zero-order valence-electron chi connectivity index (χ0n) is 7.30. The lowest BCUT2D eigenvalue weighted by Gasteiger charge is -2.14. The van der Waals surface area contributed by atoms with Crippen molar-refractivity contribution in [1.29, 1.82) is 0 Å². The van der Waals surface area contributed by atoms with Gasteiger partial charge in [0.05, 0.1) is 5.60 Å². The lowest BCUT2D eigenvalue weighted by Crippen LogP contribution is -2.08. The summed E-state index contributed by atoms with van der Waals surface area (Å²) in [6, 6.07) is 4.51. The Labute approximate surface area is 88.9 Å². The molecule has 0 spiro atoms. The van der Waals surface area contributed by atoms with Crippen LogP contribution in [0.4, 0.5) is 8.78 Å². The number of benzene rings is 1. The maximum atomic E-state index is 12.6. The summed E-state index contributed by atoms with van der Waals surface area (Å²) >= 11 is 3.21. The smallest absolute Gasteiger partial charge is 0.264 e. The van der Waals surface area contributed by atoms with Gasteiger partial charge >= 0.3 is 0 Å². The minimum absolute atomic E-state index is 0.0619. The molecule has 14 heavy (non-hydrogen) atoms. The first-order valence-corrected chi connectivity index (χ1v) is 5.13. The second kappa shape index (κ2) is 3.28. The van der Waals surface area contributed by atoms with Crippen molar-refractivity contribution in [3.8, 4) is 0 Å². The van der Waals surface area contributed by atoms with E-state index in [4.69, 9.17) is 0 Å². The van der Waals surface area contributed by atoms with E-state index in [0.29, 0.717) is 18.4 Å². The molecule has 0 bridgehead atoms. The van der Waals surface area contributed by atoms with Crippen molar-refractivity contribution < 1.29 is 13.9 Å². The number of hydrogen-bond donors (Lipinski definition) is 1. The topological polar surface area (TPSA) is 20.2 Å². The fourth-order valence-corrected chi connectivity index (χ4v) is 1.87. The van der Waals surface area contributed by atoms with Crippen molar-refractivity contribution in [3.05, 3.63) is 33.8 Å². The highest BCUT2D eigenvalue weighted by Crippen LogP contribution is 2.48. The second-order valence-corrected chi connectivity index (χ2v) is 4.48. The molecule has 1 aromatic rings. The SMILES string of the molecule is OC1(c2cc(Br)ccc2C(F)F)CC1. The minimum atomic E-state index is -2.53. The third kappa shape index (κ3) is 1.68. The lowest BCUT2D eigenvalue weighted by molar-refractivity contribution is 0.125. The van der Waals surface area contributed by atoms with E-state index >= 15 is 0 Å². The van der Waals surface area contributed by atoms with Crippen molar-refractivity contribution in [2.45, 2.75) is 24.9 Å². The Hall–Kier alpha value is -0.480. The van der Waals surface area contributed by atoms with Gasteiger partial charge in [-0.15, -0.1) is 0 Å². The molecular weight excluding hydrogens is 254 g/mol. The lowest BCUT2D eigenvalue weighted by atomic mass is 10.0. The van der Waals surface area contributed by atoms with Crippen LogP contribution >= 0.6 is 15.9 Å². The van der Waals surface area contributed by atoms with Gasteiger partial charge < -0.3 is 5.11 Å². The van der Waals surface area contributed by atoms with Gasteiger partial charge in [-0.25, -0.2) is 8.78 Å². The Kier molecular flexibility index (Phi) is 2.35. The molecule has 0 amide bonds. The van der Waals surface area contributed by atoms with Gasteiger partial charge in [0.15, 0.2) is 0 Å². The summed E-state index contributed by atoms with van der Waals surface area (Å²) in [6.07, 6.45) is -1.38. The number of aliphatic hydroxyl groups is 1. The van der Waals surface area contributed by atoms with Crippen molar-refractivity contribution in [3.63, 3.8) is 0 Å². The summed E-state index contributed by atoms with van der Waals surface area (Å²) < 4.78 is 25.9. The van der Waals surface area contributed by atoms with E-state index in [1.54, 1.807) is 12.1 Å². The van der Waals surface area contributed by atoms with Crippen LogP contribution in [0, 0.1) is 0 Å². The highest BCUT2D eigenvalue weighted by molar-refractivity contribution is 9.10. The molecule has 0 aromatic heterocycles. The summed E-state index contributed by atoms with van der Waals surface area (Å²) in [4.78, 5) is 0. The number of rotatable bonds is 2. The molecule has 1 fully saturated rings. The maximum Gasteiger partial charge on any atom is 0.264 e. The molecule has 1 aromatic carbocycles. The Balaban J connectivity index is 2.49. The van der Waals surface area contributed by atoms with Crippen molar-refractivity contribution >= 4 is 15.9 Å². The molecule has 0 atom stereocenters. The molecule has 1 aliphatic carbocycles. The number of hydrogen-bond acceptors (Lipinski definition) is 1. The molecule has 0 unspecified atom stereocenters. The Morgan fingerprint density at radius 3 is 2.50 bits per heavy atom. The first-order chi connectivity index (χ1) is 6.53. The zero-order valence-corrected chi connectivity index (χ0v) is 8.89. The van der Waals surface area contributed by atoms with Gasteiger partial charge in [-0.3, -0.25) is 0 Å². The van der Waals surface area contributed by atoms with Crippen LogP contribution in [0.5, 0.6) is 0 Å². The molecule has 4 heteroatoms. The predicted molar refractivity (Wildman–Crippen MR) is 52.2 cm³/mol. The van der Waals surface area contributed by atoms with Crippen molar-refractivity contribution in [1.82, 2.24) is 0 Å². The maximum absolute atomic E-state index is 12.6. The van der Waals surface area contributed by atoms with Crippen LogP contribution in [0.3, 0.4) is 0 Å². The van der Waals surface area contributed by atoms with Crippen LogP contribution in [-0.4, -0.2) is 5.11 Å². The van der Waals surface area contributed by atoms with E-state index in [-0.39, 0.29) is 5.56 Å². The monoisotopic (exact) mass is 262 g/mol. The van der Waals surface area contributed by atoms with E-state index in [1.165, 1.54) is 6.07 Å². The normalized spacial score (nSPS) is 18.6. The van der Waals surface area contributed by atoms with Gasteiger partial charge in [-0.1, -0.05) is 22.0 Å². The zero-order chi connectivity index (χ0) is 10.3.